The van der Waals surface area contributed by atoms with Gasteiger partial charge >= 0.3 is 0 Å². The highest BCUT2D eigenvalue weighted by molar-refractivity contribution is 6.35. The summed E-state index contributed by atoms with van der Waals surface area (Å²) in [5, 5.41) is 1.70. The van der Waals surface area contributed by atoms with E-state index in [1.165, 1.54) is 0 Å². The van der Waals surface area contributed by atoms with E-state index in [0.29, 0.717) is 0 Å². The van der Waals surface area contributed by atoms with E-state index < -0.39 is 0 Å². The quantitative estimate of drug-likeness (QED) is 0.602. The van der Waals surface area contributed by atoms with Gasteiger partial charge in [0.2, 0.25) is 0 Å². The van der Waals surface area contributed by atoms with Crippen LogP contribution in [0.1, 0.15) is 5.69 Å². The fourth-order valence-corrected chi connectivity index (χ4v) is 1.38. The van der Waals surface area contributed by atoms with Crippen LogP contribution < -0.4 is 0 Å². The SMILES string of the molecule is Cc1[c]cc2c(Cl)cccc2n1. The number of hydrogen-bond acceptors (Lipinski definition) is 1. The number of pyridine rings is 1. The summed E-state index contributed by atoms with van der Waals surface area (Å²) < 4.78 is 0. The van der Waals surface area contributed by atoms with E-state index in [1.54, 1.807) is 0 Å². The maximum absolute atomic E-state index is 5.95. The molecule has 2 aromatic rings. The predicted molar refractivity (Wildman–Crippen MR) is 50.3 cm³/mol. The highest BCUT2D eigenvalue weighted by atomic mass is 35.5. The highest BCUT2D eigenvalue weighted by Gasteiger charge is 1.98. The lowest BCUT2D eigenvalue weighted by Gasteiger charge is -1.98. The smallest absolute Gasteiger partial charge is 0.0720 e. The van der Waals surface area contributed by atoms with Crippen molar-refractivity contribution < 1.29 is 0 Å². The molecule has 0 unspecified atom stereocenters. The molecule has 0 atom stereocenters. The molecule has 59 valence electrons. The maximum Gasteiger partial charge on any atom is 0.0720 e. The maximum atomic E-state index is 5.95. The third-order valence-electron chi connectivity index (χ3n) is 1.74. The summed E-state index contributed by atoms with van der Waals surface area (Å²) in [4.78, 5) is 4.30. The van der Waals surface area contributed by atoms with E-state index >= 15 is 0 Å². The highest BCUT2D eigenvalue weighted by Crippen LogP contribution is 2.21. The summed E-state index contributed by atoms with van der Waals surface area (Å²) in [6, 6.07) is 10.6. The largest absolute Gasteiger partial charge is 0.252 e. The Morgan fingerprint density at radius 1 is 1.42 bits per heavy atom. The Hall–Kier alpha value is -1.08. The number of halogens is 1. The number of rotatable bonds is 0. The third-order valence-corrected chi connectivity index (χ3v) is 2.07. The number of fused-ring (bicyclic) bond motifs is 1. The van der Waals surface area contributed by atoms with E-state index in [4.69, 9.17) is 11.6 Å². The van der Waals surface area contributed by atoms with E-state index in [-0.39, 0.29) is 0 Å². The molecule has 0 aliphatic rings. The van der Waals surface area contributed by atoms with Crippen molar-refractivity contribution in [2.45, 2.75) is 6.92 Å². The second kappa shape index (κ2) is 2.76. The van der Waals surface area contributed by atoms with Gasteiger partial charge in [-0.15, -0.1) is 0 Å². The molecule has 0 aliphatic carbocycles. The molecule has 1 heterocycles. The summed E-state index contributed by atoms with van der Waals surface area (Å²) in [5.74, 6) is 0. The molecule has 2 rings (SSSR count). The molecule has 1 aromatic heterocycles. The zero-order chi connectivity index (χ0) is 8.55. The minimum absolute atomic E-state index is 0.733. The first kappa shape index (κ1) is 7.56. The molecule has 0 aliphatic heterocycles. The lowest BCUT2D eigenvalue weighted by molar-refractivity contribution is 1.25. The first-order valence-electron chi connectivity index (χ1n) is 3.71. The van der Waals surface area contributed by atoms with Crippen LogP contribution in [0, 0.1) is 13.0 Å². The molecule has 0 bridgehead atoms. The van der Waals surface area contributed by atoms with Gasteiger partial charge in [-0.2, -0.15) is 0 Å². The van der Waals surface area contributed by atoms with Gasteiger partial charge in [-0.3, -0.25) is 4.98 Å². The van der Waals surface area contributed by atoms with Crippen molar-refractivity contribution in [3.63, 3.8) is 0 Å². The average molecular weight is 177 g/mol. The molecule has 12 heavy (non-hydrogen) atoms. The van der Waals surface area contributed by atoms with Crippen LogP contribution >= 0.6 is 11.6 Å². The Kier molecular flexibility index (Phi) is 1.74. The Bertz CT molecular complexity index is 423. The standard InChI is InChI=1S/C10H7ClN/c1-7-5-6-8-9(11)3-2-4-10(8)12-7/h2-4,6H,1H3. The topological polar surface area (TPSA) is 12.9 Å². The van der Waals surface area contributed by atoms with Gasteiger partial charge in [-0.25, -0.2) is 0 Å². The van der Waals surface area contributed by atoms with Crippen molar-refractivity contribution in [1.29, 1.82) is 0 Å². The molecular formula is C10H7ClN. The van der Waals surface area contributed by atoms with Crippen molar-refractivity contribution in [2.75, 3.05) is 0 Å². The lowest BCUT2D eigenvalue weighted by Crippen LogP contribution is -1.82. The molecule has 0 saturated heterocycles. The van der Waals surface area contributed by atoms with Gasteiger partial charge < -0.3 is 0 Å². The number of aryl methyl sites for hydroxylation is 1. The average Bonchev–Trinajstić information content (AvgIpc) is 2.04. The Labute approximate surface area is 76.0 Å². The van der Waals surface area contributed by atoms with Gasteiger partial charge in [-0.1, -0.05) is 17.7 Å². The Balaban J connectivity index is 2.86. The normalized spacial score (nSPS) is 10.5. The van der Waals surface area contributed by atoms with Crippen LogP contribution in [0.5, 0.6) is 0 Å². The molecule has 1 radical (unpaired) electrons. The summed E-state index contributed by atoms with van der Waals surface area (Å²) in [6.07, 6.45) is 0. The molecule has 1 aromatic carbocycles. The van der Waals surface area contributed by atoms with Crippen molar-refractivity contribution in [1.82, 2.24) is 4.98 Å². The summed E-state index contributed by atoms with van der Waals surface area (Å²) in [6.45, 7) is 1.92. The number of benzene rings is 1. The van der Waals surface area contributed by atoms with Crippen molar-refractivity contribution in [3.8, 4) is 0 Å². The van der Waals surface area contributed by atoms with Crippen LogP contribution in [-0.4, -0.2) is 4.98 Å². The van der Waals surface area contributed by atoms with Crippen LogP contribution in [0.2, 0.25) is 5.02 Å². The third kappa shape index (κ3) is 1.16. The summed E-state index contributed by atoms with van der Waals surface area (Å²) in [7, 11) is 0. The van der Waals surface area contributed by atoms with Crippen LogP contribution in [-0.2, 0) is 0 Å². The van der Waals surface area contributed by atoms with Gasteiger partial charge in [-0.05, 0) is 25.1 Å². The minimum Gasteiger partial charge on any atom is -0.252 e. The second-order valence-electron chi connectivity index (χ2n) is 2.66. The number of nitrogens with zero attached hydrogens (tertiary/aromatic N) is 1. The summed E-state index contributed by atoms with van der Waals surface area (Å²) in [5.41, 5.74) is 1.82. The molecule has 0 amide bonds. The molecule has 1 nitrogen and oxygen atoms in total. The van der Waals surface area contributed by atoms with Crippen LogP contribution in [0.4, 0.5) is 0 Å². The van der Waals surface area contributed by atoms with Gasteiger partial charge in [0.25, 0.3) is 0 Å². The van der Waals surface area contributed by atoms with Gasteiger partial charge in [0.15, 0.2) is 0 Å². The molecule has 0 saturated carbocycles. The van der Waals surface area contributed by atoms with Gasteiger partial charge in [0, 0.05) is 22.2 Å². The van der Waals surface area contributed by atoms with Crippen LogP contribution in [0.3, 0.4) is 0 Å². The van der Waals surface area contributed by atoms with E-state index in [9.17, 15) is 0 Å². The molecule has 2 heteroatoms. The van der Waals surface area contributed by atoms with E-state index in [1.807, 2.05) is 31.2 Å². The van der Waals surface area contributed by atoms with Gasteiger partial charge in [0.05, 0.1) is 5.52 Å². The number of aromatic nitrogens is 1. The zero-order valence-corrected chi connectivity index (χ0v) is 7.39. The Morgan fingerprint density at radius 3 is 3.08 bits per heavy atom. The second-order valence-corrected chi connectivity index (χ2v) is 3.07. The van der Waals surface area contributed by atoms with Crippen molar-refractivity contribution in [2.24, 2.45) is 0 Å². The van der Waals surface area contributed by atoms with Crippen LogP contribution in [0.25, 0.3) is 10.9 Å². The fourth-order valence-electron chi connectivity index (χ4n) is 1.16. The lowest BCUT2D eigenvalue weighted by atomic mass is 10.2. The fraction of sp³-hybridized carbons (Fsp3) is 0.100. The Morgan fingerprint density at radius 2 is 2.25 bits per heavy atom. The molecule has 0 N–H and O–H groups in total. The predicted octanol–water partition coefficient (Wildman–Crippen LogP) is 3.00. The van der Waals surface area contributed by atoms with E-state index in [2.05, 4.69) is 11.1 Å². The van der Waals surface area contributed by atoms with Gasteiger partial charge in [0.1, 0.15) is 0 Å². The molecular weight excluding hydrogens is 170 g/mol. The first-order valence-corrected chi connectivity index (χ1v) is 4.09. The first-order chi connectivity index (χ1) is 5.77. The summed E-state index contributed by atoms with van der Waals surface area (Å²) >= 11 is 5.95. The molecule has 0 fully saturated rings. The monoisotopic (exact) mass is 176 g/mol. The van der Waals surface area contributed by atoms with Crippen molar-refractivity contribution >= 4 is 22.5 Å². The molecule has 0 spiro atoms. The van der Waals surface area contributed by atoms with Crippen LogP contribution in [0.15, 0.2) is 24.3 Å². The minimum atomic E-state index is 0.733. The zero-order valence-electron chi connectivity index (χ0n) is 6.63. The van der Waals surface area contributed by atoms with Crippen molar-refractivity contribution in [3.05, 3.63) is 41.0 Å². The van der Waals surface area contributed by atoms with E-state index in [0.717, 1.165) is 21.6 Å². The number of hydrogen-bond donors (Lipinski definition) is 0.